The van der Waals surface area contributed by atoms with Crippen LogP contribution in [-0.4, -0.2) is 39.9 Å². The van der Waals surface area contributed by atoms with E-state index in [1.165, 1.54) is 11.1 Å². The number of benzene rings is 2. The summed E-state index contributed by atoms with van der Waals surface area (Å²) in [6, 6.07) is 15.3. The van der Waals surface area contributed by atoms with Crippen LogP contribution in [0.5, 0.6) is 5.88 Å². The Hall–Kier alpha value is -4.17. The minimum absolute atomic E-state index is 0.00547. The van der Waals surface area contributed by atoms with Crippen LogP contribution in [0.25, 0.3) is 27.9 Å². The third kappa shape index (κ3) is 3.81. The van der Waals surface area contributed by atoms with Gasteiger partial charge in [-0.05, 0) is 34.9 Å². The Balaban J connectivity index is 1.44. The first-order valence-corrected chi connectivity index (χ1v) is 10.6. The summed E-state index contributed by atoms with van der Waals surface area (Å²) in [5.41, 5.74) is 7.08. The molecule has 0 atom stereocenters. The van der Waals surface area contributed by atoms with Crippen LogP contribution in [0.1, 0.15) is 22.5 Å². The molecule has 0 spiro atoms. The SMILES string of the molecule is CN/C(=C(/O)C(=N)c1ccc(-c2ccc(OC)nc2)cc1)c1nc2cc3c(cc2[nH]1)CNC3. The van der Waals surface area contributed by atoms with E-state index >= 15 is 0 Å². The minimum atomic E-state index is -0.176. The van der Waals surface area contributed by atoms with E-state index in [-0.39, 0.29) is 11.5 Å². The van der Waals surface area contributed by atoms with Crippen molar-refractivity contribution in [2.45, 2.75) is 13.1 Å². The fourth-order valence-electron chi connectivity index (χ4n) is 4.04. The van der Waals surface area contributed by atoms with E-state index < -0.39 is 0 Å². The van der Waals surface area contributed by atoms with E-state index in [9.17, 15) is 5.11 Å². The molecule has 0 amide bonds. The summed E-state index contributed by atoms with van der Waals surface area (Å²) in [5.74, 6) is 0.871. The smallest absolute Gasteiger partial charge is 0.212 e. The number of nitrogens with one attached hydrogen (secondary N) is 4. The number of ether oxygens (including phenoxy) is 1. The fraction of sp³-hybridized carbons (Fsp3) is 0.160. The number of hydrogen-bond donors (Lipinski definition) is 5. The molecule has 1 aliphatic heterocycles. The van der Waals surface area contributed by atoms with Gasteiger partial charge in [-0.3, -0.25) is 5.41 Å². The lowest BCUT2D eigenvalue weighted by atomic mass is 10.0. The molecular weight excluding hydrogens is 416 g/mol. The Morgan fingerprint density at radius 2 is 1.79 bits per heavy atom. The number of hydrogen-bond acceptors (Lipinski definition) is 7. The number of imidazole rings is 1. The Morgan fingerprint density at radius 3 is 2.45 bits per heavy atom. The maximum atomic E-state index is 10.9. The lowest BCUT2D eigenvalue weighted by Crippen LogP contribution is -2.15. The summed E-state index contributed by atoms with van der Waals surface area (Å²) in [6.45, 7) is 1.67. The molecule has 0 fully saturated rings. The van der Waals surface area contributed by atoms with Gasteiger partial charge in [0.2, 0.25) is 5.88 Å². The molecule has 166 valence electrons. The van der Waals surface area contributed by atoms with Gasteiger partial charge in [0, 0.05) is 43.5 Å². The number of aliphatic hydroxyl groups excluding tert-OH is 1. The van der Waals surface area contributed by atoms with Gasteiger partial charge in [-0.25, -0.2) is 9.97 Å². The van der Waals surface area contributed by atoms with Gasteiger partial charge in [0.15, 0.2) is 11.6 Å². The largest absolute Gasteiger partial charge is 0.504 e. The van der Waals surface area contributed by atoms with Gasteiger partial charge in [0.1, 0.15) is 11.4 Å². The lowest BCUT2D eigenvalue weighted by Gasteiger charge is -2.10. The van der Waals surface area contributed by atoms with Crippen molar-refractivity contribution in [2.75, 3.05) is 14.2 Å². The highest BCUT2D eigenvalue weighted by atomic mass is 16.5. The molecule has 0 aliphatic carbocycles. The summed E-state index contributed by atoms with van der Waals surface area (Å²) in [6.07, 6.45) is 1.74. The second-order valence-corrected chi connectivity index (χ2v) is 7.84. The molecule has 0 saturated heterocycles. The molecule has 4 aromatic rings. The zero-order chi connectivity index (χ0) is 22.9. The van der Waals surface area contributed by atoms with Crippen LogP contribution in [-0.2, 0) is 13.1 Å². The molecule has 8 nitrogen and oxygen atoms in total. The molecule has 0 bridgehead atoms. The normalized spacial score (nSPS) is 13.5. The molecule has 0 radical (unpaired) electrons. The highest BCUT2D eigenvalue weighted by Gasteiger charge is 2.19. The van der Waals surface area contributed by atoms with Crippen LogP contribution < -0.4 is 15.4 Å². The van der Waals surface area contributed by atoms with E-state index in [0.717, 1.165) is 35.2 Å². The van der Waals surface area contributed by atoms with Gasteiger partial charge in [0.25, 0.3) is 0 Å². The molecule has 5 N–H and O–H groups in total. The monoisotopic (exact) mass is 440 g/mol. The molecule has 0 unspecified atom stereocenters. The van der Waals surface area contributed by atoms with Crippen LogP contribution in [0.15, 0.2) is 60.5 Å². The van der Waals surface area contributed by atoms with E-state index in [1.807, 2.05) is 30.3 Å². The van der Waals surface area contributed by atoms with Crippen LogP contribution in [0.2, 0.25) is 0 Å². The van der Waals surface area contributed by atoms with Crippen molar-refractivity contribution in [1.82, 2.24) is 25.6 Å². The second-order valence-electron chi connectivity index (χ2n) is 7.84. The van der Waals surface area contributed by atoms with E-state index in [0.29, 0.717) is 23.0 Å². The molecular formula is C25H24N6O2. The van der Waals surface area contributed by atoms with Crippen molar-refractivity contribution in [3.8, 4) is 17.0 Å². The van der Waals surface area contributed by atoms with Crippen molar-refractivity contribution in [1.29, 1.82) is 5.41 Å². The predicted molar refractivity (Wildman–Crippen MR) is 128 cm³/mol. The number of rotatable bonds is 6. The number of fused-ring (bicyclic) bond motifs is 2. The number of allylic oxidation sites excluding steroid dienone is 1. The number of aliphatic hydroxyl groups is 1. The van der Waals surface area contributed by atoms with Crippen molar-refractivity contribution in [3.05, 3.63) is 83.0 Å². The number of H-pyrrole nitrogens is 1. The molecule has 8 heteroatoms. The predicted octanol–water partition coefficient (Wildman–Crippen LogP) is 3.75. The molecule has 2 aromatic heterocycles. The average molecular weight is 441 g/mol. The van der Waals surface area contributed by atoms with Crippen molar-refractivity contribution in [3.63, 3.8) is 0 Å². The van der Waals surface area contributed by atoms with Crippen molar-refractivity contribution < 1.29 is 9.84 Å². The highest BCUT2D eigenvalue weighted by Crippen LogP contribution is 2.26. The van der Waals surface area contributed by atoms with E-state index in [1.54, 1.807) is 26.4 Å². The van der Waals surface area contributed by atoms with Crippen molar-refractivity contribution >= 4 is 22.4 Å². The van der Waals surface area contributed by atoms with Gasteiger partial charge in [-0.1, -0.05) is 24.3 Å². The number of pyridine rings is 1. The van der Waals surface area contributed by atoms with E-state index in [4.69, 9.17) is 10.1 Å². The molecule has 33 heavy (non-hydrogen) atoms. The first-order valence-electron chi connectivity index (χ1n) is 10.6. The summed E-state index contributed by atoms with van der Waals surface area (Å²) >= 11 is 0. The van der Waals surface area contributed by atoms with Gasteiger partial charge in [-0.2, -0.15) is 0 Å². The van der Waals surface area contributed by atoms with E-state index in [2.05, 4.69) is 37.7 Å². The first kappa shape index (κ1) is 20.7. The maximum absolute atomic E-state index is 10.9. The summed E-state index contributed by atoms with van der Waals surface area (Å²) in [4.78, 5) is 12.2. The van der Waals surface area contributed by atoms with Crippen LogP contribution in [0, 0.1) is 5.41 Å². The number of aromatic nitrogens is 3. The average Bonchev–Trinajstić information content (AvgIpc) is 3.48. The summed E-state index contributed by atoms with van der Waals surface area (Å²) < 4.78 is 5.10. The summed E-state index contributed by atoms with van der Waals surface area (Å²) in [7, 11) is 3.28. The van der Waals surface area contributed by atoms with Crippen LogP contribution in [0.4, 0.5) is 0 Å². The zero-order valence-electron chi connectivity index (χ0n) is 18.4. The zero-order valence-corrected chi connectivity index (χ0v) is 18.4. The Labute approximate surface area is 190 Å². The Kier molecular flexibility index (Phi) is 5.27. The molecule has 0 saturated carbocycles. The molecule has 3 heterocycles. The molecule has 1 aliphatic rings. The highest BCUT2D eigenvalue weighted by molar-refractivity contribution is 6.12. The quantitative estimate of drug-likeness (QED) is 0.230. The van der Waals surface area contributed by atoms with Gasteiger partial charge in [-0.15, -0.1) is 0 Å². The first-order chi connectivity index (χ1) is 16.1. The lowest BCUT2D eigenvalue weighted by molar-refractivity contribution is 0.398. The van der Waals surface area contributed by atoms with Crippen molar-refractivity contribution in [2.24, 2.45) is 0 Å². The topological polar surface area (TPSA) is 119 Å². The van der Waals surface area contributed by atoms with Crippen LogP contribution in [0.3, 0.4) is 0 Å². The maximum Gasteiger partial charge on any atom is 0.212 e. The van der Waals surface area contributed by atoms with Gasteiger partial charge >= 0.3 is 0 Å². The Morgan fingerprint density at radius 1 is 1.06 bits per heavy atom. The van der Waals surface area contributed by atoms with Gasteiger partial charge < -0.3 is 25.5 Å². The number of aromatic amines is 1. The second kappa shape index (κ2) is 8.40. The Bertz CT molecular complexity index is 1330. The number of nitrogens with zero attached hydrogens (tertiary/aromatic N) is 2. The standard InChI is InChI=1S/C25H24N6O2/c1-27-23(25-30-19-9-17-11-28-12-18(17)10-20(19)31-25)24(32)22(26)15-5-3-14(4-6-15)16-7-8-21(33-2)29-13-16/h3-10,13,26-28,32H,11-12H2,1-2H3,(H,30,31)/b24-23+,26-22?. The third-order valence-corrected chi connectivity index (χ3v) is 5.85. The van der Waals surface area contributed by atoms with Gasteiger partial charge in [0.05, 0.1) is 18.1 Å². The fourth-order valence-corrected chi connectivity index (χ4v) is 4.04. The minimum Gasteiger partial charge on any atom is -0.504 e. The molecule has 5 rings (SSSR count). The molecule has 2 aromatic carbocycles. The summed E-state index contributed by atoms with van der Waals surface area (Å²) in [5, 5.41) is 25.8. The third-order valence-electron chi connectivity index (χ3n) is 5.85. The van der Waals surface area contributed by atoms with Crippen LogP contribution >= 0.6 is 0 Å². The number of methoxy groups -OCH3 is 1.